The van der Waals surface area contributed by atoms with Crippen molar-refractivity contribution in [2.75, 3.05) is 0 Å². The van der Waals surface area contributed by atoms with Crippen molar-refractivity contribution in [3.63, 3.8) is 0 Å². The molecular weight excluding hydrogens is 188 g/mol. The van der Waals surface area contributed by atoms with E-state index in [-0.39, 0.29) is 17.3 Å². The Morgan fingerprint density at radius 1 is 1.20 bits per heavy atom. The molecule has 15 heavy (non-hydrogen) atoms. The molecule has 0 spiro atoms. The second-order valence-electron chi connectivity index (χ2n) is 5.72. The van der Waals surface area contributed by atoms with Gasteiger partial charge in [-0.25, -0.2) is 0 Å². The smallest absolute Gasteiger partial charge is 0.308 e. The number of carbonyl (C=O) groups excluding carboxylic acids is 1. The van der Waals surface area contributed by atoms with Crippen LogP contribution in [0.1, 0.15) is 61.3 Å². The van der Waals surface area contributed by atoms with Gasteiger partial charge in [0, 0.05) is 5.41 Å². The molecule has 0 aromatic heterocycles. The fraction of sp³-hybridized carbons (Fsp3) is 0.923. The fourth-order valence-electron chi connectivity index (χ4n) is 1.43. The van der Waals surface area contributed by atoms with Crippen LogP contribution >= 0.6 is 0 Å². The van der Waals surface area contributed by atoms with Gasteiger partial charge in [-0.3, -0.25) is 4.79 Å². The third kappa shape index (κ3) is 3.84. The van der Waals surface area contributed by atoms with Gasteiger partial charge in [-0.2, -0.15) is 0 Å². The summed E-state index contributed by atoms with van der Waals surface area (Å²) in [4.78, 5) is 11.6. The van der Waals surface area contributed by atoms with Crippen LogP contribution in [0.4, 0.5) is 0 Å². The Kier molecular flexibility index (Phi) is 4.82. The zero-order valence-electron chi connectivity index (χ0n) is 11.3. The number of esters is 1. The van der Waals surface area contributed by atoms with E-state index < -0.39 is 5.60 Å². The maximum atomic E-state index is 11.6. The van der Waals surface area contributed by atoms with E-state index in [0.29, 0.717) is 0 Å². The van der Waals surface area contributed by atoms with Gasteiger partial charge in [0.25, 0.3) is 0 Å². The van der Waals surface area contributed by atoms with Crippen LogP contribution in [0.3, 0.4) is 0 Å². The molecule has 2 nitrogen and oxygen atoms in total. The standard InChI is InChI=1S/C13H26O2/c1-8-9-12(4,5)13(6,7)15-11(14)10(2)3/h10H,8-9H2,1-7H3. The van der Waals surface area contributed by atoms with Gasteiger partial charge in [-0.1, -0.05) is 41.0 Å². The minimum Gasteiger partial charge on any atom is -0.459 e. The highest BCUT2D eigenvalue weighted by Gasteiger charge is 2.39. The maximum absolute atomic E-state index is 11.6. The second-order valence-corrected chi connectivity index (χ2v) is 5.72. The lowest BCUT2D eigenvalue weighted by Crippen LogP contribution is -2.44. The third-order valence-electron chi connectivity index (χ3n) is 3.33. The van der Waals surface area contributed by atoms with Crippen molar-refractivity contribution in [2.24, 2.45) is 11.3 Å². The molecule has 0 N–H and O–H groups in total. The Bertz CT molecular complexity index is 215. The third-order valence-corrected chi connectivity index (χ3v) is 3.33. The molecule has 0 aliphatic rings. The summed E-state index contributed by atoms with van der Waals surface area (Å²) in [5.74, 6) is -0.161. The van der Waals surface area contributed by atoms with Crippen LogP contribution in [0.25, 0.3) is 0 Å². The molecule has 0 heterocycles. The summed E-state index contributed by atoms with van der Waals surface area (Å²) >= 11 is 0. The Labute approximate surface area is 94.4 Å². The van der Waals surface area contributed by atoms with Gasteiger partial charge >= 0.3 is 5.97 Å². The molecule has 0 bridgehead atoms. The van der Waals surface area contributed by atoms with Crippen molar-refractivity contribution in [3.8, 4) is 0 Å². The molecule has 0 saturated heterocycles. The topological polar surface area (TPSA) is 26.3 Å². The van der Waals surface area contributed by atoms with Crippen LogP contribution in [0.5, 0.6) is 0 Å². The predicted octanol–water partition coefficient (Wildman–Crippen LogP) is 3.79. The first-order valence-electron chi connectivity index (χ1n) is 5.87. The Balaban J connectivity index is 4.59. The number of hydrogen-bond acceptors (Lipinski definition) is 2. The summed E-state index contributed by atoms with van der Waals surface area (Å²) in [6.45, 7) is 14.2. The van der Waals surface area contributed by atoms with Crippen molar-refractivity contribution in [1.29, 1.82) is 0 Å². The van der Waals surface area contributed by atoms with Crippen molar-refractivity contribution >= 4 is 5.97 Å². The minimum atomic E-state index is -0.398. The molecule has 0 radical (unpaired) electrons. The van der Waals surface area contributed by atoms with Gasteiger partial charge in [0.05, 0.1) is 5.92 Å². The molecule has 0 atom stereocenters. The number of carbonyl (C=O) groups is 1. The first-order chi connectivity index (χ1) is 6.64. The van der Waals surface area contributed by atoms with Crippen LogP contribution < -0.4 is 0 Å². The molecule has 0 aliphatic heterocycles. The average molecular weight is 214 g/mol. The van der Waals surface area contributed by atoms with E-state index in [1.165, 1.54) is 0 Å². The molecule has 90 valence electrons. The summed E-state index contributed by atoms with van der Waals surface area (Å²) in [6.07, 6.45) is 2.17. The Hall–Kier alpha value is -0.530. The zero-order valence-corrected chi connectivity index (χ0v) is 11.3. The van der Waals surface area contributed by atoms with E-state index in [1.54, 1.807) is 0 Å². The molecule has 0 saturated carbocycles. The lowest BCUT2D eigenvalue weighted by Gasteiger charge is -2.41. The van der Waals surface area contributed by atoms with Gasteiger partial charge in [-0.15, -0.1) is 0 Å². The van der Waals surface area contributed by atoms with Gasteiger partial charge in [0.15, 0.2) is 0 Å². The predicted molar refractivity (Wildman–Crippen MR) is 63.7 cm³/mol. The lowest BCUT2D eigenvalue weighted by molar-refractivity contribution is -0.173. The van der Waals surface area contributed by atoms with Crippen LogP contribution in [-0.4, -0.2) is 11.6 Å². The first-order valence-corrected chi connectivity index (χ1v) is 5.87. The highest BCUT2D eigenvalue weighted by atomic mass is 16.6. The SMILES string of the molecule is CCCC(C)(C)C(C)(C)OC(=O)C(C)C. The Morgan fingerprint density at radius 2 is 1.67 bits per heavy atom. The monoisotopic (exact) mass is 214 g/mol. The Morgan fingerprint density at radius 3 is 2.00 bits per heavy atom. The lowest BCUT2D eigenvalue weighted by atomic mass is 9.74. The van der Waals surface area contributed by atoms with E-state index in [4.69, 9.17) is 4.74 Å². The fourth-order valence-corrected chi connectivity index (χ4v) is 1.43. The van der Waals surface area contributed by atoms with Crippen molar-refractivity contribution in [1.82, 2.24) is 0 Å². The van der Waals surface area contributed by atoms with Crippen LogP contribution in [0, 0.1) is 11.3 Å². The zero-order chi connectivity index (χ0) is 12.3. The molecule has 2 heteroatoms. The van der Waals surface area contributed by atoms with Gasteiger partial charge in [0.1, 0.15) is 5.60 Å². The molecule has 0 aromatic carbocycles. The molecule has 0 unspecified atom stereocenters. The average Bonchev–Trinajstić information content (AvgIpc) is 2.02. The van der Waals surface area contributed by atoms with Crippen LogP contribution in [0.2, 0.25) is 0 Å². The van der Waals surface area contributed by atoms with Crippen molar-refractivity contribution in [2.45, 2.75) is 66.9 Å². The summed E-state index contributed by atoms with van der Waals surface area (Å²) in [7, 11) is 0. The van der Waals surface area contributed by atoms with Crippen molar-refractivity contribution in [3.05, 3.63) is 0 Å². The number of hydrogen-bond donors (Lipinski definition) is 0. The first kappa shape index (κ1) is 14.5. The highest BCUT2D eigenvalue weighted by Crippen LogP contribution is 2.38. The van der Waals surface area contributed by atoms with E-state index in [0.717, 1.165) is 12.8 Å². The number of rotatable bonds is 5. The van der Waals surface area contributed by atoms with Gasteiger partial charge < -0.3 is 4.74 Å². The van der Waals surface area contributed by atoms with Gasteiger partial charge in [0.2, 0.25) is 0 Å². The summed E-state index contributed by atoms with van der Waals surface area (Å²) < 4.78 is 5.58. The van der Waals surface area contributed by atoms with E-state index in [1.807, 2.05) is 27.7 Å². The van der Waals surface area contributed by atoms with E-state index in [9.17, 15) is 4.79 Å². The second kappa shape index (κ2) is 5.00. The molecule has 0 fully saturated rings. The normalized spacial score (nSPS) is 13.1. The largest absolute Gasteiger partial charge is 0.459 e. The summed E-state index contributed by atoms with van der Waals surface area (Å²) in [5.41, 5.74) is -0.378. The van der Waals surface area contributed by atoms with Crippen LogP contribution in [-0.2, 0) is 9.53 Å². The quantitative estimate of drug-likeness (QED) is 0.651. The van der Waals surface area contributed by atoms with E-state index >= 15 is 0 Å². The van der Waals surface area contributed by atoms with Crippen LogP contribution in [0.15, 0.2) is 0 Å². The molecule has 0 aromatic rings. The molecule has 0 aliphatic carbocycles. The summed E-state index contributed by atoms with van der Waals surface area (Å²) in [6, 6.07) is 0. The highest BCUT2D eigenvalue weighted by molar-refractivity contribution is 5.72. The molecule has 0 amide bonds. The summed E-state index contributed by atoms with van der Waals surface area (Å²) in [5, 5.41) is 0. The number of ether oxygens (including phenoxy) is 1. The molecular formula is C13H26O2. The van der Waals surface area contributed by atoms with E-state index in [2.05, 4.69) is 20.8 Å². The molecule has 0 rings (SSSR count). The minimum absolute atomic E-state index is 0.0201. The van der Waals surface area contributed by atoms with Crippen molar-refractivity contribution < 1.29 is 9.53 Å². The maximum Gasteiger partial charge on any atom is 0.308 e. The van der Waals surface area contributed by atoms with Gasteiger partial charge in [-0.05, 0) is 20.3 Å².